The lowest BCUT2D eigenvalue weighted by atomic mass is 9.82. The van der Waals surface area contributed by atoms with Crippen molar-refractivity contribution in [2.45, 2.75) is 57.0 Å². The first-order valence-electron chi connectivity index (χ1n) is 12.8. The number of carbonyl (C=O) groups is 3. The van der Waals surface area contributed by atoms with E-state index >= 15 is 0 Å². The Balaban J connectivity index is 1.67. The van der Waals surface area contributed by atoms with Gasteiger partial charge in [-0.2, -0.15) is 0 Å². The van der Waals surface area contributed by atoms with Crippen molar-refractivity contribution in [3.63, 3.8) is 0 Å². The molecule has 2 aliphatic rings. The predicted octanol–water partition coefficient (Wildman–Crippen LogP) is 5.38. The molecule has 198 valence electrons. The number of hydrogen-bond acceptors (Lipinski definition) is 5. The van der Waals surface area contributed by atoms with Gasteiger partial charge in [0.25, 0.3) is 0 Å². The largest absolute Gasteiger partial charge is 0.478 e. The highest BCUT2D eigenvalue weighted by Gasteiger charge is 2.42. The van der Waals surface area contributed by atoms with E-state index in [1.807, 2.05) is 66.3 Å². The summed E-state index contributed by atoms with van der Waals surface area (Å²) >= 11 is 1.63. The maximum atomic E-state index is 13.8. The number of hydrogen-bond donors (Lipinski definition) is 1. The van der Waals surface area contributed by atoms with Crippen LogP contribution >= 0.6 is 11.8 Å². The second-order valence-corrected chi connectivity index (χ2v) is 11.5. The number of carbonyl (C=O) groups excluding carboxylic acids is 2. The average Bonchev–Trinajstić information content (AvgIpc) is 3.56. The minimum absolute atomic E-state index is 0.00661. The SMILES string of the molecule is CSc1ccc(C(=O)C2CN(C(=O)N3CCCC3)C[C@@H]2c2cc(C)c(OC(C)(C)C(=O)O)c(C)c2)cc1. The second kappa shape index (κ2) is 10.8. The summed E-state index contributed by atoms with van der Waals surface area (Å²) in [7, 11) is 0. The molecule has 2 atom stereocenters. The van der Waals surface area contributed by atoms with E-state index in [0.717, 1.165) is 47.5 Å². The van der Waals surface area contributed by atoms with Crippen LogP contribution < -0.4 is 4.74 Å². The van der Waals surface area contributed by atoms with Crippen LogP contribution in [0.2, 0.25) is 0 Å². The highest BCUT2D eigenvalue weighted by molar-refractivity contribution is 7.98. The molecule has 4 rings (SSSR count). The molecule has 0 aromatic heterocycles. The third-order valence-electron chi connectivity index (χ3n) is 7.46. The van der Waals surface area contributed by atoms with Crippen molar-refractivity contribution in [3.05, 3.63) is 58.7 Å². The molecule has 2 amide bonds. The van der Waals surface area contributed by atoms with Gasteiger partial charge in [-0.1, -0.05) is 24.3 Å². The van der Waals surface area contributed by atoms with Gasteiger partial charge in [-0.25, -0.2) is 9.59 Å². The number of aryl methyl sites for hydroxylation is 2. The topological polar surface area (TPSA) is 87.2 Å². The number of Topliss-reactive ketones (excluding diaryl/α,β-unsaturated/α-hetero) is 1. The molecule has 2 aromatic carbocycles. The van der Waals surface area contributed by atoms with E-state index < -0.39 is 11.6 Å². The first kappa shape index (κ1) is 27.0. The quantitative estimate of drug-likeness (QED) is 0.387. The van der Waals surface area contributed by atoms with Gasteiger partial charge in [0.2, 0.25) is 0 Å². The molecule has 37 heavy (non-hydrogen) atoms. The van der Waals surface area contributed by atoms with Crippen LogP contribution in [0.4, 0.5) is 4.79 Å². The standard InChI is InChI=1S/C29H36N2O5S/c1-18-14-21(15-19(2)26(18)36-29(3,4)27(33)34)23-16-31(28(35)30-12-6-7-13-30)17-24(23)25(32)20-8-10-22(37-5)11-9-20/h8-11,14-15,23-24H,6-7,12-13,16-17H2,1-5H3,(H,33,34)/t23-,24?/m1/s1. The number of aliphatic carboxylic acids is 1. The number of carboxylic acids is 1. The molecular formula is C29H36N2O5S. The molecule has 7 nitrogen and oxygen atoms in total. The van der Waals surface area contributed by atoms with Crippen LogP contribution in [0, 0.1) is 19.8 Å². The van der Waals surface area contributed by atoms with Crippen molar-refractivity contribution < 1.29 is 24.2 Å². The zero-order valence-corrected chi connectivity index (χ0v) is 23.1. The van der Waals surface area contributed by atoms with Gasteiger partial charge >= 0.3 is 12.0 Å². The molecule has 8 heteroatoms. The third kappa shape index (κ3) is 5.64. The number of nitrogens with zero attached hydrogens (tertiary/aromatic N) is 2. The number of ether oxygens (including phenoxy) is 1. The highest BCUT2D eigenvalue weighted by Crippen LogP contribution is 2.39. The first-order chi connectivity index (χ1) is 17.5. The lowest BCUT2D eigenvalue weighted by Crippen LogP contribution is -2.40. The fraction of sp³-hybridized carbons (Fsp3) is 0.483. The number of benzene rings is 2. The molecule has 0 bridgehead atoms. The molecule has 2 aliphatic heterocycles. The summed E-state index contributed by atoms with van der Waals surface area (Å²) in [6.45, 7) is 9.21. The summed E-state index contributed by atoms with van der Waals surface area (Å²) in [6.07, 6.45) is 4.03. The minimum Gasteiger partial charge on any atom is -0.478 e. The molecule has 2 aromatic rings. The molecule has 2 heterocycles. The van der Waals surface area contributed by atoms with Gasteiger partial charge in [0, 0.05) is 48.5 Å². The highest BCUT2D eigenvalue weighted by atomic mass is 32.2. The fourth-order valence-corrected chi connectivity index (χ4v) is 5.71. The number of thioether (sulfide) groups is 1. The van der Waals surface area contributed by atoms with E-state index in [4.69, 9.17) is 4.74 Å². The number of likely N-dealkylation sites (tertiary alicyclic amines) is 2. The van der Waals surface area contributed by atoms with Gasteiger partial charge in [0.1, 0.15) is 5.75 Å². The Hall–Kier alpha value is -3.00. The Kier molecular flexibility index (Phi) is 7.88. The van der Waals surface area contributed by atoms with Gasteiger partial charge < -0.3 is 19.6 Å². The van der Waals surface area contributed by atoms with E-state index in [0.29, 0.717) is 24.4 Å². The lowest BCUT2D eigenvalue weighted by Gasteiger charge is -2.26. The van der Waals surface area contributed by atoms with Gasteiger partial charge in [-0.05, 0) is 75.6 Å². The predicted molar refractivity (Wildman–Crippen MR) is 145 cm³/mol. The number of rotatable bonds is 7. The first-order valence-corrected chi connectivity index (χ1v) is 14.0. The maximum Gasteiger partial charge on any atom is 0.347 e. The molecule has 0 spiro atoms. The Morgan fingerprint density at radius 3 is 2.11 bits per heavy atom. The van der Waals surface area contributed by atoms with Crippen LogP contribution in [-0.2, 0) is 4.79 Å². The molecule has 1 unspecified atom stereocenters. The van der Waals surface area contributed by atoms with Crippen LogP contribution in [0.15, 0.2) is 41.3 Å². The molecular weight excluding hydrogens is 488 g/mol. The zero-order chi connectivity index (χ0) is 26.9. The van der Waals surface area contributed by atoms with Gasteiger partial charge in [-0.15, -0.1) is 11.8 Å². The molecule has 2 saturated heterocycles. The van der Waals surface area contributed by atoms with Crippen LogP contribution in [0.25, 0.3) is 0 Å². The number of ketones is 1. The molecule has 2 fully saturated rings. The van der Waals surface area contributed by atoms with Crippen LogP contribution in [0.5, 0.6) is 5.75 Å². The maximum absolute atomic E-state index is 13.8. The van der Waals surface area contributed by atoms with E-state index in [2.05, 4.69) is 0 Å². The molecule has 0 aliphatic carbocycles. The van der Waals surface area contributed by atoms with E-state index in [-0.39, 0.29) is 23.7 Å². The molecule has 0 radical (unpaired) electrons. The summed E-state index contributed by atoms with van der Waals surface area (Å²) in [6, 6.07) is 11.6. The van der Waals surface area contributed by atoms with Crippen molar-refractivity contribution >= 4 is 29.5 Å². The van der Waals surface area contributed by atoms with E-state index in [1.165, 1.54) is 13.8 Å². The lowest BCUT2D eigenvalue weighted by molar-refractivity contribution is -0.152. The van der Waals surface area contributed by atoms with Crippen molar-refractivity contribution in [3.8, 4) is 5.75 Å². The normalized spacial score (nSPS) is 19.8. The van der Waals surface area contributed by atoms with Gasteiger partial charge in [0.15, 0.2) is 11.4 Å². The molecule has 1 N–H and O–H groups in total. The summed E-state index contributed by atoms with van der Waals surface area (Å²) < 4.78 is 5.90. The van der Waals surface area contributed by atoms with E-state index in [9.17, 15) is 19.5 Å². The Morgan fingerprint density at radius 1 is 0.973 bits per heavy atom. The Labute approximate surface area is 223 Å². The minimum atomic E-state index is -1.37. The number of carboxylic acid groups (broad SMARTS) is 1. The van der Waals surface area contributed by atoms with Crippen molar-refractivity contribution in [1.82, 2.24) is 9.80 Å². The van der Waals surface area contributed by atoms with Crippen LogP contribution in [0.3, 0.4) is 0 Å². The van der Waals surface area contributed by atoms with Crippen molar-refractivity contribution in [2.24, 2.45) is 5.92 Å². The summed E-state index contributed by atoms with van der Waals surface area (Å²) in [5.41, 5.74) is 1.87. The number of amides is 2. The van der Waals surface area contributed by atoms with Crippen LogP contribution in [-0.4, -0.2) is 70.7 Å². The molecule has 0 saturated carbocycles. The smallest absolute Gasteiger partial charge is 0.347 e. The van der Waals surface area contributed by atoms with Gasteiger partial charge in [-0.3, -0.25) is 4.79 Å². The summed E-state index contributed by atoms with van der Waals surface area (Å²) in [4.78, 5) is 43.5. The zero-order valence-electron chi connectivity index (χ0n) is 22.2. The fourth-order valence-electron chi connectivity index (χ4n) is 5.30. The summed E-state index contributed by atoms with van der Waals surface area (Å²) in [5.74, 6) is -1.00. The van der Waals surface area contributed by atoms with Crippen LogP contribution in [0.1, 0.15) is 59.7 Å². The monoisotopic (exact) mass is 524 g/mol. The number of urea groups is 1. The van der Waals surface area contributed by atoms with Crippen molar-refractivity contribution in [2.75, 3.05) is 32.4 Å². The summed E-state index contributed by atoms with van der Waals surface area (Å²) in [5, 5.41) is 9.51. The van der Waals surface area contributed by atoms with E-state index in [1.54, 1.807) is 11.8 Å². The van der Waals surface area contributed by atoms with Crippen molar-refractivity contribution in [1.29, 1.82) is 0 Å². The Bertz CT molecular complexity index is 1160. The third-order valence-corrected chi connectivity index (χ3v) is 8.20. The average molecular weight is 525 g/mol. The second-order valence-electron chi connectivity index (χ2n) is 10.6. The Morgan fingerprint density at radius 2 is 1.57 bits per heavy atom. The van der Waals surface area contributed by atoms with Gasteiger partial charge in [0.05, 0.1) is 0 Å².